The van der Waals surface area contributed by atoms with E-state index in [1.54, 1.807) is 19.1 Å². The van der Waals surface area contributed by atoms with Gasteiger partial charge in [-0.3, -0.25) is 13.9 Å². The van der Waals surface area contributed by atoms with Crippen molar-refractivity contribution < 1.29 is 22.4 Å². The number of hydrogen-bond acceptors (Lipinski definition) is 4. The molecule has 2 aromatic rings. The Labute approximate surface area is 204 Å². The quantitative estimate of drug-likeness (QED) is 0.558. The molecule has 0 aliphatic heterocycles. The minimum atomic E-state index is -3.86. The van der Waals surface area contributed by atoms with Gasteiger partial charge in [0, 0.05) is 12.6 Å². The number of para-hydroxylation sites is 1. The van der Waals surface area contributed by atoms with Crippen molar-refractivity contribution >= 4 is 39.1 Å². The minimum Gasteiger partial charge on any atom is -0.352 e. The summed E-state index contributed by atoms with van der Waals surface area (Å²) in [4.78, 5) is 27.8. The third-order valence-electron chi connectivity index (χ3n) is 5.94. The summed E-state index contributed by atoms with van der Waals surface area (Å²) in [6, 6.07) is 11.1. The molecule has 0 heterocycles. The Kier molecular flexibility index (Phi) is 8.54. The van der Waals surface area contributed by atoms with Gasteiger partial charge in [0.25, 0.3) is 0 Å². The van der Waals surface area contributed by atoms with Gasteiger partial charge in [0.2, 0.25) is 21.8 Å². The third-order valence-corrected chi connectivity index (χ3v) is 7.38. The lowest BCUT2D eigenvalue weighted by Gasteiger charge is -2.32. The van der Waals surface area contributed by atoms with Crippen LogP contribution in [0, 0.1) is 5.82 Å². The molecule has 3 rings (SSSR count). The van der Waals surface area contributed by atoms with E-state index >= 15 is 0 Å². The van der Waals surface area contributed by atoms with Gasteiger partial charge < -0.3 is 10.2 Å². The monoisotopic (exact) mass is 509 g/mol. The fourth-order valence-corrected chi connectivity index (χ4v) is 5.16. The Morgan fingerprint density at radius 3 is 2.32 bits per heavy atom. The fourth-order valence-electron chi connectivity index (χ4n) is 4.01. The first kappa shape index (κ1) is 26.0. The van der Waals surface area contributed by atoms with Crippen molar-refractivity contribution in [2.24, 2.45) is 0 Å². The van der Waals surface area contributed by atoms with Crippen LogP contribution in [0.3, 0.4) is 0 Å². The highest BCUT2D eigenvalue weighted by Gasteiger charge is 2.31. The summed E-state index contributed by atoms with van der Waals surface area (Å²) in [5.74, 6) is -1.31. The molecule has 2 amide bonds. The number of anilines is 1. The highest BCUT2D eigenvalue weighted by molar-refractivity contribution is 7.92. The van der Waals surface area contributed by atoms with E-state index in [1.807, 2.05) is 0 Å². The van der Waals surface area contributed by atoms with Gasteiger partial charge in [-0.05, 0) is 49.6 Å². The smallest absolute Gasteiger partial charge is 0.244 e. The molecule has 1 N–H and O–H groups in total. The average molecular weight is 510 g/mol. The lowest BCUT2D eigenvalue weighted by molar-refractivity contribution is -0.139. The van der Waals surface area contributed by atoms with Crippen molar-refractivity contribution in [2.45, 2.75) is 51.2 Å². The van der Waals surface area contributed by atoms with Crippen molar-refractivity contribution in [1.29, 1.82) is 0 Å². The van der Waals surface area contributed by atoms with E-state index in [1.165, 1.54) is 41.3 Å². The van der Waals surface area contributed by atoms with Crippen LogP contribution < -0.4 is 9.62 Å². The Hall–Kier alpha value is -2.65. The van der Waals surface area contributed by atoms with Crippen molar-refractivity contribution in [3.63, 3.8) is 0 Å². The van der Waals surface area contributed by atoms with Crippen LogP contribution in [0.15, 0.2) is 48.5 Å². The van der Waals surface area contributed by atoms with E-state index in [0.717, 1.165) is 36.2 Å². The Morgan fingerprint density at radius 2 is 1.74 bits per heavy atom. The molecular formula is C24H29ClFN3O4S. The zero-order valence-electron chi connectivity index (χ0n) is 19.2. The van der Waals surface area contributed by atoms with Crippen LogP contribution in [0.2, 0.25) is 5.02 Å². The molecule has 10 heteroatoms. The summed E-state index contributed by atoms with van der Waals surface area (Å²) in [6.45, 7) is 1.08. The third kappa shape index (κ3) is 6.70. The summed E-state index contributed by atoms with van der Waals surface area (Å²) >= 11 is 6.21. The number of benzene rings is 2. The molecule has 0 aromatic heterocycles. The predicted molar refractivity (Wildman–Crippen MR) is 130 cm³/mol. The molecule has 2 aromatic carbocycles. The van der Waals surface area contributed by atoms with E-state index in [2.05, 4.69) is 5.32 Å². The highest BCUT2D eigenvalue weighted by atomic mass is 35.5. The van der Waals surface area contributed by atoms with E-state index in [0.29, 0.717) is 5.56 Å². The number of rotatable bonds is 9. The lowest BCUT2D eigenvalue weighted by atomic mass is 10.1. The van der Waals surface area contributed by atoms with Gasteiger partial charge >= 0.3 is 0 Å². The van der Waals surface area contributed by atoms with Gasteiger partial charge in [0.05, 0.1) is 17.0 Å². The molecule has 0 radical (unpaired) electrons. The average Bonchev–Trinajstić information content (AvgIpc) is 3.29. The molecule has 0 saturated heterocycles. The Bertz CT molecular complexity index is 1120. The topological polar surface area (TPSA) is 86.8 Å². The molecular weight excluding hydrogens is 481 g/mol. The first-order chi connectivity index (χ1) is 16.1. The normalized spacial score (nSPS) is 15.1. The van der Waals surface area contributed by atoms with Gasteiger partial charge in [-0.15, -0.1) is 0 Å². The number of carbonyl (C=O) groups excluding carboxylic acids is 2. The van der Waals surface area contributed by atoms with Crippen molar-refractivity contribution in [3.8, 4) is 0 Å². The largest absolute Gasteiger partial charge is 0.352 e. The van der Waals surface area contributed by atoms with Crippen LogP contribution in [-0.4, -0.2) is 50.0 Å². The van der Waals surface area contributed by atoms with Crippen LogP contribution in [0.4, 0.5) is 10.1 Å². The standard InChI is InChI=1S/C24H29ClFN3O4S/c1-17(24(31)27-20-7-3-4-8-20)28(15-18-11-13-19(26)14-12-18)23(30)16-29(34(2,32)33)22-10-6-5-9-21(22)25/h5-6,9-14,17,20H,3-4,7-8,15-16H2,1-2H3,(H,27,31)/t17-/m1/s1. The van der Waals surface area contributed by atoms with Crippen molar-refractivity contribution in [1.82, 2.24) is 10.2 Å². The second kappa shape index (κ2) is 11.2. The molecule has 0 bridgehead atoms. The number of sulfonamides is 1. The number of nitrogens with zero attached hydrogens (tertiary/aromatic N) is 2. The second-order valence-electron chi connectivity index (χ2n) is 8.54. The van der Waals surface area contributed by atoms with Gasteiger partial charge in [-0.25, -0.2) is 12.8 Å². The maximum atomic E-state index is 13.5. The fraction of sp³-hybridized carbons (Fsp3) is 0.417. The zero-order valence-corrected chi connectivity index (χ0v) is 20.8. The SMILES string of the molecule is C[C@H](C(=O)NC1CCCC1)N(Cc1ccc(F)cc1)C(=O)CN(c1ccccc1Cl)S(C)(=O)=O. The molecule has 34 heavy (non-hydrogen) atoms. The molecule has 1 saturated carbocycles. The van der Waals surface area contributed by atoms with E-state index in [4.69, 9.17) is 11.6 Å². The lowest BCUT2D eigenvalue weighted by Crippen LogP contribution is -2.52. The summed E-state index contributed by atoms with van der Waals surface area (Å²) in [7, 11) is -3.86. The maximum absolute atomic E-state index is 13.5. The highest BCUT2D eigenvalue weighted by Crippen LogP contribution is 2.27. The molecule has 0 spiro atoms. The van der Waals surface area contributed by atoms with Crippen molar-refractivity contribution in [3.05, 3.63) is 64.9 Å². The van der Waals surface area contributed by atoms with Gasteiger partial charge in [-0.1, -0.05) is 48.7 Å². The zero-order chi connectivity index (χ0) is 24.9. The van der Waals surface area contributed by atoms with E-state index < -0.39 is 34.3 Å². The van der Waals surface area contributed by atoms with Crippen LogP contribution in [0.25, 0.3) is 0 Å². The summed E-state index contributed by atoms with van der Waals surface area (Å²) < 4.78 is 39.4. The summed E-state index contributed by atoms with van der Waals surface area (Å²) in [5.41, 5.74) is 0.781. The van der Waals surface area contributed by atoms with Crippen LogP contribution >= 0.6 is 11.6 Å². The summed E-state index contributed by atoms with van der Waals surface area (Å²) in [5, 5.41) is 3.17. The van der Waals surface area contributed by atoms with Gasteiger partial charge in [0.15, 0.2) is 0 Å². The number of carbonyl (C=O) groups is 2. The number of nitrogens with one attached hydrogen (secondary N) is 1. The number of amides is 2. The first-order valence-electron chi connectivity index (χ1n) is 11.1. The molecule has 1 fully saturated rings. The van der Waals surface area contributed by atoms with Gasteiger partial charge in [-0.2, -0.15) is 0 Å². The maximum Gasteiger partial charge on any atom is 0.244 e. The number of hydrogen-bond donors (Lipinski definition) is 1. The van der Waals surface area contributed by atoms with E-state index in [9.17, 15) is 22.4 Å². The Balaban J connectivity index is 1.88. The van der Waals surface area contributed by atoms with Crippen LogP contribution in [0.1, 0.15) is 38.2 Å². The summed E-state index contributed by atoms with van der Waals surface area (Å²) in [6.07, 6.45) is 4.85. The van der Waals surface area contributed by atoms with Crippen LogP contribution in [-0.2, 0) is 26.2 Å². The number of halogens is 2. The molecule has 1 aliphatic rings. The molecule has 0 unspecified atom stereocenters. The molecule has 1 atom stereocenters. The molecule has 1 aliphatic carbocycles. The predicted octanol–water partition coefficient (Wildman–Crippen LogP) is 3.72. The van der Waals surface area contributed by atoms with Crippen LogP contribution in [0.5, 0.6) is 0 Å². The minimum absolute atomic E-state index is 0.0124. The van der Waals surface area contributed by atoms with E-state index in [-0.39, 0.29) is 29.2 Å². The van der Waals surface area contributed by atoms with Crippen molar-refractivity contribution in [2.75, 3.05) is 17.1 Å². The molecule has 184 valence electrons. The van der Waals surface area contributed by atoms with Gasteiger partial charge in [0.1, 0.15) is 18.4 Å². The molecule has 7 nitrogen and oxygen atoms in total. The Morgan fingerprint density at radius 1 is 1.12 bits per heavy atom. The first-order valence-corrected chi connectivity index (χ1v) is 13.4. The second-order valence-corrected chi connectivity index (χ2v) is 10.8.